The Bertz CT molecular complexity index is 1050. The van der Waals surface area contributed by atoms with Gasteiger partial charge in [0.2, 0.25) is 15.9 Å². The highest BCUT2D eigenvalue weighted by molar-refractivity contribution is 7.94. The number of halogens is 1. The molecule has 0 aromatic heterocycles. The van der Waals surface area contributed by atoms with Crippen LogP contribution in [0.4, 0.5) is 5.69 Å². The number of carbonyl (C=O) groups is 2. The number of amides is 2. The predicted molar refractivity (Wildman–Crippen MR) is 102 cm³/mol. The van der Waals surface area contributed by atoms with Crippen LogP contribution in [0.5, 0.6) is 0 Å². The molecular weight excluding hydrogens is 388 g/mol. The van der Waals surface area contributed by atoms with Gasteiger partial charge < -0.3 is 4.90 Å². The molecule has 2 aliphatic rings. The molecule has 8 heteroatoms. The van der Waals surface area contributed by atoms with Crippen molar-refractivity contribution in [2.45, 2.75) is 19.4 Å². The lowest BCUT2D eigenvalue weighted by Crippen LogP contribution is -2.36. The molecule has 1 saturated heterocycles. The van der Waals surface area contributed by atoms with Crippen LogP contribution in [0.3, 0.4) is 0 Å². The minimum Gasteiger partial charge on any atom is -0.334 e. The summed E-state index contributed by atoms with van der Waals surface area (Å²) in [5, 5.41) is 0.228. The Morgan fingerprint density at radius 2 is 1.78 bits per heavy atom. The van der Waals surface area contributed by atoms with Crippen molar-refractivity contribution >= 4 is 39.1 Å². The van der Waals surface area contributed by atoms with Gasteiger partial charge in [0.05, 0.1) is 22.0 Å². The van der Waals surface area contributed by atoms with E-state index in [1.807, 2.05) is 18.2 Å². The summed E-state index contributed by atoms with van der Waals surface area (Å²) in [6.07, 6.45) is 0.690. The molecule has 0 spiro atoms. The smallest absolute Gasteiger partial charge is 0.255 e. The van der Waals surface area contributed by atoms with Crippen molar-refractivity contribution in [3.8, 4) is 0 Å². The van der Waals surface area contributed by atoms with Gasteiger partial charge in [-0.3, -0.25) is 9.59 Å². The van der Waals surface area contributed by atoms with Crippen molar-refractivity contribution in [1.82, 2.24) is 4.90 Å². The molecule has 2 amide bonds. The number of hydrogen-bond acceptors (Lipinski definition) is 4. The summed E-state index contributed by atoms with van der Waals surface area (Å²) in [6.45, 7) is 1.02. The average molecular weight is 405 g/mol. The highest BCUT2D eigenvalue weighted by atomic mass is 35.5. The fourth-order valence-electron chi connectivity index (χ4n) is 3.51. The topological polar surface area (TPSA) is 74.8 Å². The molecule has 0 atom stereocenters. The van der Waals surface area contributed by atoms with Gasteiger partial charge in [-0.2, -0.15) is 0 Å². The number of anilines is 1. The van der Waals surface area contributed by atoms with Crippen LogP contribution in [0.1, 0.15) is 27.9 Å². The molecule has 0 radical (unpaired) electrons. The van der Waals surface area contributed by atoms with Crippen LogP contribution >= 0.6 is 11.6 Å². The van der Waals surface area contributed by atoms with Crippen LogP contribution in [-0.4, -0.2) is 37.4 Å². The van der Waals surface area contributed by atoms with Gasteiger partial charge in [-0.05, 0) is 35.7 Å². The molecular formula is C19H17ClN2O4S. The summed E-state index contributed by atoms with van der Waals surface area (Å²) in [4.78, 5) is 26.7. The van der Waals surface area contributed by atoms with Gasteiger partial charge in [-0.25, -0.2) is 12.7 Å². The fraction of sp³-hybridized carbons (Fsp3) is 0.263. The number of carbonyl (C=O) groups excluding carboxylic acids is 2. The average Bonchev–Trinajstić information content (AvgIpc) is 2.94. The van der Waals surface area contributed by atoms with Crippen molar-refractivity contribution in [3.63, 3.8) is 0 Å². The highest BCUT2D eigenvalue weighted by Crippen LogP contribution is 2.30. The predicted octanol–water partition coefficient (Wildman–Crippen LogP) is 2.61. The van der Waals surface area contributed by atoms with Gasteiger partial charge in [0.25, 0.3) is 5.91 Å². The maximum atomic E-state index is 13.0. The van der Waals surface area contributed by atoms with Gasteiger partial charge in [0.15, 0.2) is 0 Å². The van der Waals surface area contributed by atoms with E-state index in [1.54, 1.807) is 4.90 Å². The number of hydrogen-bond donors (Lipinski definition) is 0. The van der Waals surface area contributed by atoms with E-state index in [0.29, 0.717) is 13.1 Å². The van der Waals surface area contributed by atoms with Crippen LogP contribution < -0.4 is 4.31 Å². The standard InChI is InChI=1S/C19H17ClN2O4S/c20-17-6-5-15(22-18(23)8-10-27(22,25)26)11-16(17)19(24)21-9-7-13-3-1-2-4-14(13)12-21/h1-6,11H,7-10,12H2. The van der Waals surface area contributed by atoms with E-state index >= 15 is 0 Å². The first-order valence-corrected chi connectivity index (χ1v) is 10.6. The SMILES string of the molecule is O=C(c1cc(N2C(=O)CCS2(=O)=O)ccc1Cl)N1CCc2ccccc2C1. The van der Waals surface area contributed by atoms with Crippen molar-refractivity contribution in [3.05, 3.63) is 64.2 Å². The molecule has 0 bridgehead atoms. The quantitative estimate of drug-likeness (QED) is 0.771. The maximum absolute atomic E-state index is 13.0. The molecule has 140 valence electrons. The van der Waals surface area contributed by atoms with Crippen LogP contribution in [0, 0.1) is 0 Å². The minimum atomic E-state index is -3.69. The second-order valence-corrected chi connectivity index (χ2v) is 8.98. The molecule has 0 aliphatic carbocycles. The number of nitrogens with zero attached hydrogens (tertiary/aromatic N) is 2. The summed E-state index contributed by atoms with van der Waals surface area (Å²) in [7, 11) is -3.69. The van der Waals surface area contributed by atoms with E-state index in [9.17, 15) is 18.0 Å². The van der Waals surface area contributed by atoms with E-state index in [0.717, 1.165) is 16.3 Å². The van der Waals surface area contributed by atoms with Crippen molar-refractivity contribution in [1.29, 1.82) is 0 Å². The third-order valence-corrected chi connectivity index (χ3v) is 6.93. The van der Waals surface area contributed by atoms with Crippen LogP contribution in [0.2, 0.25) is 5.02 Å². The molecule has 2 aromatic carbocycles. The number of fused-ring (bicyclic) bond motifs is 1. The van der Waals surface area contributed by atoms with E-state index in [4.69, 9.17) is 11.6 Å². The second-order valence-electron chi connectivity index (χ2n) is 6.63. The van der Waals surface area contributed by atoms with Gasteiger partial charge in [-0.1, -0.05) is 35.9 Å². The zero-order chi connectivity index (χ0) is 19.2. The third kappa shape index (κ3) is 3.21. The number of rotatable bonds is 2. The summed E-state index contributed by atoms with van der Waals surface area (Å²) in [6, 6.07) is 12.3. The Kier molecular flexibility index (Phi) is 4.44. The van der Waals surface area contributed by atoms with E-state index in [2.05, 4.69) is 6.07 Å². The molecule has 2 heterocycles. The number of sulfonamides is 1. The molecule has 2 aromatic rings. The zero-order valence-electron chi connectivity index (χ0n) is 14.4. The highest BCUT2D eigenvalue weighted by Gasteiger charge is 2.37. The Balaban J connectivity index is 1.66. The van der Waals surface area contributed by atoms with Gasteiger partial charge in [0, 0.05) is 19.5 Å². The first kappa shape index (κ1) is 18.0. The maximum Gasteiger partial charge on any atom is 0.255 e. The monoisotopic (exact) mass is 404 g/mol. The van der Waals surface area contributed by atoms with Crippen molar-refractivity contribution < 1.29 is 18.0 Å². The summed E-state index contributed by atoms with van der Waals surface area (Å²) in [5.74, 6) is -0.997. The Morgan fingerprint density at radius 3 is 2.48 bits per heavy atom. The van der Waals surface area contributed by atoms with Crippen molar-refractivity contribution in [2.75, 3.05) is 16.6 Å². The van der Waals surface area contributed by atoms with Crippen molar-refractivity contribution in [2.24, 2.45) is 0 Å². The van der Waals surface area contributed by atoms with Crippen LogP contribution in [-0.2, 0) is 27.8 Å². The molecule has 2 aliphatic heterocycles. The molecule has 0 saturated carbocycles. The Hall–Kier alpha value is -2.38. The third-order valence-electron chi connectivity index (χ3n) is 4.91. The Morgan fingerprint density at radius 1 is 1.04 bits per heavy atom. The van der Waals surface area contributed by atoms with Gasteiger partial charge in [-0.15, -0.1) is 0 Å². The first-order valence-electron chi connectivity index (χ1n) is 8.58. The first-order chi connectivity index (χ1) is 12.9. The van der Waals surface area contributed by atoms with E-state index in [1.165, 1.54) is 23.8 Å². The second kappa shape index (κ2) is 6.65. The Labute approximate surface area is 162 Å². The van der Waals surface area contributed by atoms with Gasteiger partial charge in [0.1, 0.15) is 0 Å². The van der Waals surface area contributed by atoms with E-state index < -0.39 is 15.9 Å². The van der Waals surface area contributed by atoms with Gasteiger partial charge >= 0.3 is 0 Å². The number of benzene rings is 2. The molecule has 27 heavy (non-hydrogen) atoms. The summed E-state index contributed by atoms with van der Waals surface area (Å²) < 4.78 is 25.1. The normalized spacial score (nSPS) is 18.5. The molecule has 0 unspecified atom stereocenters. The largest absolute Gasteiger partial charge is 0.334 e. The lowest BCUT2D eigenvalue weighted by molar-refractivity contribution is -0.116. The fourth-order valence-corrected chi connectivity index (χ4v) is 5.16. The zero-order valence-corrected chi connectivity index (χ0v) is 16.0. The lowest BCUT2D eigenvalue weighted by atomic mass is 9.99. The molecule has 0 N–H and O–H groups in total. The van der Waals surface area contributed by atoms with E-state index in [-0.39, 0.29) is 34.4 Å². The lowest BCUT2D eigenvalue weighted by Gasteiger charge is -2.29. The molecule has 4 rings (SSSR count). The summed E-state index contributed by atoms with van der Waals surface area (Å²) in [5.41, 5.74) is 2.66. The van der Waals surface area contributed by atoms with Crippen LogP contribution in [0.25, 0.3) is 0 Å². The minimum absolute atomic E-state index is 0.0584. The molecule has 6 nitrogen and oxygen atoms in total. The summed E-state index contributed by atoms with van der Waals surface area (Å²) >= 11 is 6.22. The van der Waals surface area contributed by atoms with Crippen LogP contribution in [0.15, 0.2) is 42.5 Å². The molecule has 1 fully saturated rings.